The van der Waals surface area contributed by atoms with E-state index in [1.807, 2.05) is 81.6 Å². The Labute approximate surface area is 356 Å². The number of benzene rings is 2. The van der Waals surface area contributed by atoms with Gasteiger partial charge in [-0.2, -0.15) is 10.5 Å². The van der Waals surface area contributed by atoms with Crippen molar-refractivity contribution in [1.82, 2.24) is 8.80 Å². The molecule has 0 N–H and O–H groups in total. The molecule has 0 fully saturated rings. The molecule has 6 heteroatoms. The van der Waals surface area contributed by atoms with Crippen LogP contribution in [0.15, 0.2) is 82.4 Å². The summed E-state index contributed by atoms with van der Waals surface area (Å²) in [5.41, 5.74) is 7.89. The molecular weight excluding hydrogens is 737 g/mol. The Morgan fingerprint density at radius 3 is 1.10 bits per heavy atom. The molecule has 0 aliphatic rings. The number of hydrogen-bond acceptors (Lipinski definition) is 4. The van der Waals surface area contributed by atoms with Crippen LogP contribution in [0.3, 0.4) is 0 Å². The van der Waals surface area contributed by atoms with Crippen molar-refractivity contribution >= 4 is 46.1 Å². The molecule has 310 valence electrons. The topological polar surface area (TPSA) is 90.5 Å². The molecule has 4 heterocycles. The van der Waals surface area contributed by atoms with E-state index in [0.717, 1.165) is 83.2 Å². The molecule has 2 aromatic carbocycles. The van der Waals surface area contributed by atoms with Gasteiger partial charge in [0, 0.05) is 11.4 Å². The lowest BCUT2D eigenvalue weighted by atomic mass is 9.95. The molecule has 0 saturated heterocycles. The zero-order chi connectivity index (χ0) is 42.1. The van der Waals surface area contributed by atoms with Crippen molar-refractivity contribution in [1.29, 1.82) is 10.5 Å². The van der Waals surface area contributed by atoms with Crippen LogP contribution in [-0.2, 0) is 12.8 Å². The Balaban J connectivity index is 1.43. The lowest BCUT2D eigenvalue weighted by Crippen LogP contribution is -2.25. The maximum Gasteiger partial charge on any atom is 0.264 e. The molecule has 0 spiro atoms. The third kappa shape index (κ3) is 10.9. The summed E-state index contributed by atoms with van der Waals surface area (Å²) in [4.78, 5) is 30.2. The van der Waals surface area contributed by atoms with Crippen LogP contribution in [0.5, 0.6) is 0 Å². The van der Waals surface area contributed by atoms with Gasteiger partial charge in [0.2, 0.25) is 0 Å². The zero-order valence-corrected chi connectivity index (χ0v) is 36.0. The number of nitriles is 2. The van der Waals surface area contributed by atoms with Gasteiger partial charge in [-0.05, 0) is 109 Å². The summed E-state index contributed by atoms with van der Waals surface area (Å²) in [5, 5.41) is 19.7. The van der Waals surface area contributed by atoms with Crippen molar-refractivity contribution in [2.75, 3.05) is 0 Å². The predicted molar refractivity (Wildman–Crippen MR) is 252 cm³/mol. The monoisotopic (exact) mass is 798 g/mol. The molecule has 4 aromatic heterocycles. The summed E-state index contributed by atoms with van der Waals surface area (Å²) < 4.78 is 3.69. The van der Waals surface area contributed by atoms with Crippen LogP contribution in [0.1, 0.15) is 174 Å². The molecule has 0 bridgehead atoms. The lowest BCUT2D eigenvalue weighted by Gasteiger charge is -2.16. The van der Waals surface area contributed by atoms with E-state index in [1.54, 1.807) is 24.3 Å². The number of hydrogen-bond donors (Lipinski definition) is 0. The number of rotatable bonds is 24. The van der Waals surface area contributed by atoms with Gasteiger partial charge >= 0.3 is 0 Å². The van der Waals surface area contributed by atoms with Crippen LogP contribution in [0.25, 0.3) is 46.1 Å². The van der Waals surface area contributed by atoms with E-state index >= 15 is 9.59 Å². The number of fused-ring (bicyclic) bond motifs is 3. The minimum atomic E-state index is -0.137. The van der Waals surface area contributed by atoms with Crippen LogP contribution in [0.4, 0.5) is 0 Å². The number of unbranched alkanes of at least 4 members (excludes halogenated alkanes) is 16. The lowest BCUT2D eigenvalue weighted by molar-refractivity contribution is 0.565. The minimum absolute atomic E-state index is 0.137. The molecule has 0 saturated carbocycles. The Bertz CT molecular complexity index is 2400. The van der Waals surface area contributed by atoms with Gasteiger partial charge in [0.05, 0.1) is 45.1 Å². The molecule has 6 rings (SSSR count). The van der Waals surface area contributed by atoms with Gasteiger partial charge < -0.3 is 0 Å². The van der Waals surface area contributed by atoms with Crippen LogP contribution in [-0.4, -0.2) is 8.80 Å². The highest BCUT2D eigenvalue weighted by molar-refractivity contribution is 5.96. The Morgan fingerprint density at radius 2 is 0.767 bits per heavy atom. The van der Waals surface area contributed by atoms with Crippen LogP contribution >= 0.6 is 0 Å². The third-order valence-electron chi connectivity index (χ3n) is 12.2. The highest BCUT2D eigenvalue weighted by atomic mass is 16.1. The molecule has 6 aromatic rings. The van der Waals surface area contributed by atoms with Crippen molar-refractivity contribution in [3.63, 3.8) is 0 Å². The first kappa shape index (κ1) is 43.8. The molecule has 6 nitrogen and oxygen atoms in total. The molecular formula is C54H62N4O2. The fourth-order valence-corrected chi connectivity index (χ4v) is 8.77. The van der Waals surface area contributed by atoms with Crippen LogP contribution in [0.2, 0.25) is 0 Å². The highest BCUT2D eigenvalue weighted by Gasteiger charge is 2.23. The van der Waals surface area contributed by atoms with Crippen molar-refractivity contribution < 1.29 is 0 Å². The fraction of sp³-hybridized carbons (Fsp3) is 0.407. The van der Waals surface area contributed by atoms with Crippen molar-refractivity contribution in [2.24, 2.45) is 0 Å². The second-order valence-corrected chi connectivity index (χ2v) is 16.6. The molecule has 60 heavy (non-hydrogen) atoms. The van der Waals surface area contributed by atoms with Gasteiger partial charge in [-0.1, -0.05) is 153 Å². The molecule has 0 aliphatic carbocycles. The average Bonchev–Trinajstić information content (AvgIpc) is 3.91. The highest BCUT2D eigenvalue weighted by Crippen LogP contribution is 2.30. The second kappa shape index (κ2) is 22.6. The molecule has 0 atom stereocenters. The normalized spacial score (nSPS) is 11.8. The summed E-state index contributed by atoms with van der Waals surface area (Å²) in [6.45, 7) is 4.51. The third-order valence-corrected chi connectivity index (χ3v) is 12.2. The van der Waals surface area contributed by atoms with E-state index in [4.69, 9.17) is 0 Å². The summed E-state index contributed by atoms with van der Waals surface area (Å²) in [6, 6.07) is 27.3. The zero-order valence-electron chi connectivity index (χ0n) is 36.0. The molecule has 0 amide bonds. The van der Waals surface area contributed by atoms with E-state index < -0.39 is 0 Å². The Morgan fingerprint density at radius 1 is 0.433 bits per heavy atom. The molecule has 0 unspecified atom stereocenters. The molecule has 0 radical (unpaired) electrons. The van der Waals surface area contributed by atoms with Gasteiger partial charge in [0.15, 0.2) is 0 Å². The van der Waals surface area contributed by atoms with E-state index in [-0.39, 0.29) is 11.1 Å². The van der Waals surface area contributed by atoms with Crippen molar-refractivity contribution in [3.05, 3.63) is 138 Å². The van der Waals surface area contributed by atoms with E-state index in [0.29, 0.717) is 21.9 Å². The maximum absolute atomic E-state index is 15.1. The Hall–Kier alpha value is -5.72. The van der Waals surface area contributed by atoms with Crippen LogP contribution < -0.4 is 11.1 Å². The maximum atomic E-state index is 15.1. The average molecular weight is 799 g/mol. The molecule has 0 aliphatic heterocycles. The summed E-state index contributed by atoms with van der Waals surface area (Å²) in [6.07, 6.45) is 31.1. The predicted octanol–water partition coefficient (Wildman–Crippen LogP) is 13.7. The first-order valence-electron chi connectivity index (χ1n) is 22.9. The number of nitrogens with zero attached hydrogens (tertiary/aromatic N) is 4. The summed E-state index contributed by atoms with van der Waals surface area (Å²) in [7, 11) is 0. The second-order valence-electron chi connectivity index (χ2n) is 16.6. The van der Waals surface area contributed by atoms with Crippen LogP contribution in [0, 0.1) is 22.7 Å². The smallest absolute Gasteiger partial charge is 0.264 e. The number of aryl methyl sites for hydroxylation is 2. The van der Waals surface area contributed by atoms with Gasteiger partial charge in [0.1, 0.15) is 0 Å². The largest absolute Gasteiger partial charge is 0.277 e. The summed E-state index contributed by atoms with van der Waals surface area (Å²) >= 11 is 0. The van der Waals surface area contributed by atoms with E-state index in [1.165, 1.54) is 89.9 Å². The first-order chi connectivity index (χ1) is 29.5. The fourth-order valence-electron chi connectivity index (χ4n) is 8.77. The van der Waals surface area contributed by atoms with Crippen molar-refractivity contribution in [3.8, 4) is 12.1 Å². The van der Waals surface area contributed by atoms with Gasteiger partial charge in [-0.3, -0.25) is 18.4 Å². The SMILES string of the molecule is CCCCCCCCCCCc1c2c(=O)n3c(/C=C/c4ccc(C#N)cc4)ccc3c(CCCCCCCCCCC)c2c(=O)n2c(/C=C/c3ccc(C#N)cc3)ccc12. The van der Waals surface area contributed by atoms with E-state index in [9.17, 15) is 10.5 Å². The Kier molecular flexibility index (Phi) is 16.5. The van der Waals surface area contributed by atoms with Gasteiger partial charge in [-0.25, -0.2) is 0 Å². The summed E-state index contributed by atoms with van der Waals surface area (Å²) in [5.74, 6) is 0. The first-order valence-corrected chi connectivity index (χ1v) is 22.9. The number of aromatic nitrogens is 2. The van der Waals surface area contributed by atoms with E-state index in [2.05, 4.69) is 26.0 Å². The number of pyridine rings is 2. The van der Waals surface area contributed by atoms with Crippen molar-refractivity contribution in [2.45, 2.75) is 142 Å². The van der Waals surface area contributed by atoms with Gasteiger partial charge in [-0.15, -0.1) is 0 Å². The quantitative estimate of drug-likeness (QED) is 0.0570. The standard InChI is InChI=1S/C54H62N4O2/c1-3-5-7-9-11-13-15-17-19-21-47-49-37-35-45(33-31-41-23-27-43(39-55)28-24-41)57(49)54(60)52-48(22-20-18-16-14-12-10-8-6-4-2)50-38-36-46(58(50)53(59)51(47)52)34-32-42-25-29-44(40-56)30-26-42/h23-38H,3-22H2,1-2H3/b33-31+,34-32+. The minimum Gasteiger partial charge on any atom is -0.277 e. The van der Waals surface area contributed by atoms with Gasteiger partial charge in [0.25, 0.3) is 11.1 Å².